The summed E-state index contributed by atoms with van der Waals surface area (Å²) in [7, 11) is 0. The second kappa shape index (κ2) is 8.00. The monoisotopic (exact) mass is 358 g/mol. The lowest BCUT2D eigenvalue weighted by Gasteiger charge is -2.31. The Bertz CT molecular complexity index is 773. The highest BCUT2D eigenvalue weighted by Crippen LogP contribution is 2.32. The molecule has 132 valence electrons. The quantitative estimate of drug-likeness (QED) is 0.738. The molecule has 1 heterocycles. The summed E-state index contributed by atoms with van der Waals surface area (Å²) in [4.78, 5) is 4.65. The number of aromatic nitrogens is 1. The summed E-state index contributed by atoms with van der Waals surface area (Å²) in [6, 6.07) is 18.0. The first-order valence-corrected chi connectivity index (χ1v) is 8.63. The molecule has 0 radical (unpaired) electrons. The van der Waals surface area contributed by atoms with Gasteiger partial charge in [0.2, 0.25) is 5.89 Å². The van der Waals surface area contributed by atoms with Gasteiger partial charge in [0, 0.05) is 6.04 Å². The molecule has 3 unspecified atom stereocenters. The minimum Gasteiger partial charge on any atom is -0.437 e. The Morgan fingerprint density at radius 1 is 1.00 bits per heavy atom. The van der Waals surface area contributed by atoms with Crippen LogP contribution in [0.3, 0.4) is 0 Å². The molecule has 1 fully saturated rings. The van der Waals surface area contributed by atoms with Crippen LogP contribution in [0.4, 0.5) is 0 Å². The number of para-hydroxylation sites is 2. The third kappa shape index (κ3) is 3.87. The molecule has 4 rings (SSSR count). The van der Waals surface area contributed by atoms with E-state index in [1.165, 1.54) is 6.42 Å². The van der Waals surface area contributed by atoms with Crippen molar-refractivity contribution in [3.63, 3.8) is 0 Å². The van der Waals surface area contributed by atoms with Crippen LogP contribution in [0, 0.1) is 0 Å². The molecule has 2 N–H and O–H groups in total. The van der Waals surface area contributed by atoms with Crippen molar-refractivity contribution in [3.05, 3.63) is 66.1 Å². The molecule has 1 aromatic heterocycles. The fourth-order valence-corrected chi connectivity index (χ4v) is 3.38. The second-order valence-electron chi connectivity index (χ2n) is 6.43. The van der Waals surface area contributed by atoms with Crippen molar-refractivity contribution in [2.75, 3.05) is 0 Å². The summed E-state index contributed by atoms with van der Waals surface area (Å²) in [5.41, 5.74) is 8.96. The van der Waals surface area contributed by atoms with Gasteiger partial charge in [-0.15, -0.1) is 12.4 Å². The highest BCUT2D eigenvalue weighted by molar-refractivity contribution is 5.85. The molecule has 2 aromatic carbocycles. The second-order valence-corrected chi connectivity index (χ2v) is 6.43. The Morgan fingerprint density at radius 2 is 1.72 bits per heavy atom. The van der Waals surface area contributed by atoms with E-state index in [0.717, 1.165) is 35.9 Å². The van der Waals surface area contributed by atoms with Gasteiger partial charge in [0.1, 0.15) is 5.52 Å². The number of rotatable bonds is 4. The smallest absolute Gasteiger partial charge is 0.229 e. The van der Waals surface area contributed by atoms with Gasteiger partial charge < -0.3 is 14.9 Å². The van der Waals surface area contributed by atoms with Crippen LogP contribution >= 0.6 is 12.4 Å². The van der Waals surface area contributed by atoms with Gasteiger partial charge >= 0.3 is 0 Å². The van der Waals surface area contributed by atoms with Gasteiger partial charge in [0.25, 0.3) is 0 Å². The standard InChI is InChI=1S/C20H22N2O2.ClH/c21-15-10-4-6-12-17(15)23-19(14-8-2-1-3-9-14)20-22-16-11-5-7-13-18(16)24-20;/h1-3,5,7-9,11,13,15,17,19H,4,6,10,12,21H2;1H. The molecule has 4 nitrogen and oxygen atoms in total. The maximum absolute atomic E-state index is 6.42. The maximum atomic E-state index is 6.42. The highest BCUT2D eigenvalue weighted by Gasteiger charge is 2.29. The number of nitrogens with zero attached hydrogens (tertiary/aromatic N) is 1. The largest absolute Gasteiger partial charge is 0.437 e. The first-order valence-electron chi connectivity index (χ1n) is 8.63. The van der Waals surface area contributed by atoms with Crippen molar-refractivity contribution in [3.8, 4) is 0 Å². The first kappa shape index (κ1) is 17.9. The van der Waals surface area contributed by atoms with Gasteiger partial charge in [-0.2, -0.15) is 0 Å². The van der Waals surface area contributed by atoms with Gasteiger partial charge in [0.15, 0.2) is 11.7 Å². The van der Waals surface area contributed by atoms with Crippen LogP contribution in [-0.2, 0) is 4.74 Å². The van der Waals surface area contributed by atoms with E-state index in [0.29, 0.717) is 5.89 Å². The lowest BCUT2D eigenvalue weighted by Crippen LogP contribution is -2.40. The summed E-state index contributed by atoms with van der Waals surface area (Å²) >= 11 is 0. The topological polar surface area (TPSA) is 61.3 Å². The van der Waals surface area contributed by atoms with Crippen LogP contribution < -0.4 is 5.73 Å². The number of benzene rings is 2. The molecule has 5 heteroatoms. The summed E-state index contributed by atoms with van der Waals surface area (Å²) in [6.45, 7) is 0. The van der Waals surface area contributed by atoms with E-state index in [2.05, 4.69) is 4.98 Å². The molecule has 25 heavy (non-hydrogen) atoms. The number of halogens is 1. The molecule has 0 spiro atoms. The fraction of sp³-hybridized carbons (Fsp3) is 0.350. The van der Waals surface area contributed by atoms with Crippen molar-refractivity contribution < 1.29 is 9.15 Å². The lowest BCUT2D eigenvalue weighted by molar-refractivity contribution is -0.0328. The highest BCUT2D eigenvalue weighted by atomic mass is 35.5. The lowest BCUT2D eigenvalue weighted by atomic mass is 9.93. The number of nitrogens with two attached hydrogens (primary N) is 1. The Labute approximate surface area is 153 Å². The average molecular weight is 359 g/mol. The Morgan fingerprint density at radius 3 is 2.48 bits per heavy atom. The van der Waals surface area contributed by atoms with Crippen LogP contribution in [0.15, 0.2) is 59.0 Å². The summed E-state index contributed by atoms with van der Waals surface area (Å²) < 4.78 is 12.4. The Kier molecular flexibility index (Phi) is 5.74. The maximum Gasteiger partial charge on any atom is 0.229 e. The van der Waals surface area contributed by atoms with E-state index in [-0.39, 0.29) is 30.7 Å². The van der Waals surface area contributed by atoms with E-state index >= 15 is 0 Å². The zero-order valence-corrected chi connectivity index (χ0v) is 14.8. The molecule has 0 amide bonds. The minimum atomic E-state index is -0.326. The predicted octanol–water partition coefficient (Wildman–Crippen LogP) is 4.63. The van der Waals surface area contributed by atoms with Crippen molar-refractivity contribution in [1.29, 1.82) is 0 Å². The van der Waals surface area contributed by atoms with Crippen LogP contribution in [0.2, 0.25) is 0 Å². The van der Waals surface area contributed by atoms with Crippen LogP contribution in [0.5, 0.6) is 0 Å². The number of hydrogen-bond acceptors (Lipinski definition) is 4. The zero-order valence-electron chi connectivity index (χ0n) is 14.0. The molecule has 0 saturated heterocycles. The van der Waals surface area contributed by atoms with E-state index in [1.807, 2.05) is 54.6 Å². The first-order chi connectivity index (χ1) is 11.8. The molecular formula is C20H23ClN2O2. The van der Waals surface area contributed by atoms with Crippen molar-refractivity contribution in [2.24, 2.45) is 5.73 Å². The molecule has 3 aromatic rings. The molecule has 1 aliphatic rings. The Hall–Kier alpha value is -1.88. The molecule has 1 aliphatic carbocycles. The number of ether oxygens (including phenoxy) is 1. The SMILES string of the molecule is Cl.NC1CCCCC1OC(c1ccccc1)c1nc2ccccc2o1. The van der Waals surface area contributed by atoms with Crippen LogP contribution in [0.1, 0.15) is 43.2 Å². The van der Waals surface area contributed by atoms with E-state index < -0.39 is 0 Å². The third-order valence-electron chi connectivity index (χ3n) is 4.70. The van der Waals surface area contributed by atoms with Gasteiger partial charge in [-0.05, 0) is 30.5 Å². The van der Waals surface area contributed by atoms with E-state index in [9.17, 15) is 0 Å². The number of hydrogen-bond donors (Lipinski definition) is 1. The normalized spacial score (nSPS) is 21.6. The summed E-state index contributed by atoms with van der Waals surface area (Å²) in [6.07, 6.45) is 4.06. The molecule has 1 saturated carbocycles. The van der Waals surface area contributed by atoms with Crippen LogP contribution in [-0.4, -0.2) is 17.1 Å². The van der Waals surface area contributed by atoms with Crippen molar-refractivity contribution in [2.45, 2.75) is 43.9 Å². The fourth-order valence-electron chi connectivity index (χ4n) is 3.38. The molecule has 0 bridgehead atoms. The number of fused-ring (bicyclic) bond motifs is 1. The average Bonchev–Trinajstić information content (AvgIpc) is 3.05. The predicted molar refractivity (Wildman–Crippen MR) is 101 cm³/mol. The third-order valence-corrected chi connectivity index (χ3v) is 4.70. The van der Waals surface area contributed by atoms with Crippen LogP contribution in [0.25, 0.3) is 11.1 Å². The van der Waals surface area contributed by atoms with Gasteiger partial charge in [-0.25, -0.2) is 4.98 Å². The molecule has 3 atom stereocenters. The zero-order chi connectivity index (χ0) is 16.4. The van der Waals surface area contributed by atoms with Gasteiger partial charge in [0.05, 0.1) is 6.10 Å². The van der Waals surface area contributed by atoms with E-state index in [4.69, 9.17) is 14.9 Å². The van der Waals surface area contributed by atoms with E-state index in [1.54, 1.807) is 0 Å². The summed E-state index contributed by atoms with van der Waals surface area (Å²) in [5, 5.41) is 0. The summed E-state index contributed by atoms with van der Waals surface area (Å²) in [5.74, 6) is 0.597. The van der Waals surface area contributed by atoms with Gasteiger partial charge in [-0.3, -0.25) is 0 Å². The van der Waals surface area contributed by atoms with Crippen molar-refractivity contribution >= 4 is 23.5 Å². The molecular weight excluding hydrogens is 336 g/mol. The molecule has 0 aliphatic heterocycles. The number of oxazole rings is 1. The van der Waals surface area contributed by atoms with Gasteiger partial charge in [-0.1, -0.05) is 55.3 Å². The minimum absolute atomic E-state index is 0. The van der Waals surface area contributed by atoms with Crippen molar-refractivity contribution in [1.82, 2.24) is 4.98 Å². The Balaban J connectivity index is 0.00000182.